The van der Waals surface area contributed by atoms with Crippen LogP contribution in [-0.2, 0) is 0 Å². The number of nitrogens with zero attached hydrogens (tertiary/aromatic N) is 3. The van der Waals surface area contributed by atoms with E-state index in [0.717, 1.165) is 0 Å². The van der Waals surface area contributed by atoms with Gasteiger partial charge in [0.05, 0.1) is 0 Å². The maximum absolute atomic E-state index is 10.7. The molecule has 0 aliphatic heterocycles. The minimum atomic E-state index is -1.10. The number of carbonyl (C=O) groups excluding carboxylic acids is 1. The van der Waals surface area contributed by atoms with Crippen molar-refractivity contribution >= 4 is 17.9 Å². The highest BCUT2D eigenvalue weighted by atomic mass is 16.4. The molecule has 0 aromatic carbocycles. The van der Waals surface area contributed by atoms with Crippen molar-refractivity contribution in [2.75, 3.05) is 0 Å². The quantitative estimate of drug-likeness (QED) is 0.687. The van der Waals surface area contributed by atoms with Crippen molar-refractivity contribution in [3.8, 4) is 0 Å². The van der Waals surface area contributed by atoms with E-state index < -0.39 is 5.97 Å². The van der Waals surface area contributed by atoms with E-state index in [1.807, 2.05) is 0 Å². The van der Waals surface area contributed by atoms with E-state index in [0.29, 0.717) is 6.29 Å². The summed E-state index contributed by atoms with van der Waals surface area (Å²) in [4.78, 5) is 24.9. The third kappa shape index (κ3) is 1.13. The number of aldehydes is 1. The molecule has 6 nitrogen and oxygen atoms in total. The molecule has 14 heavy (non-hydrogen) atoms. The van der Waals surface area contributed by atoms with Gasteiger partial charge in [-0.3, -0.25) is 4.79 Å². The van der Waals surface area contributed by atoms with E-state index in [1.165, 1.54) is 22.8 Å². The van der Waals surface area contributed by atoms with Crippen molar-refractivity contribution in [3.05, 3.63) is 29.7 Å². The number of hydrogen-bond acceptors (Lipinski definition) is 4. The van der Waals surface area contributed by atoms with Crippen LogP contribution in [0, 0.1) is 0 Å². The molecule has 0 aliphatic rings. The van der Waals surface area contributed by atoms with Gasteiger partial charge >= 0.3 is 5.97 Å². The third-order valence-electron chi connectivity index (χ3n) is 1.71. The fourth-order valence-corrected chi connectivity index (χ4v) is 1.14. The molecule has 0 saturated carbocycles. The SMILES string of the molecule is O=Cc1nc2c(C(=O)O)cccn2n1. The first-order valence-electron chi connectivity index (χ1n) is 3.76. The largest absolute Gasteiger partial charge is 0.478 e. The molecule has 0 atom stereocenters. The van der Waals surface area contributed by atoms with Crippen LogP contribution in [0.4, 0.5) is 0 Å². The van der Waals surface area contributed by atoms with Crippen molar-refractivity contribution < 1.29 is 14.7 Å². The minimum Gasteiger partial charge on any atom is -0.478 e. The van der Waals surface area contributed by atoms with Crippen LogP contribution >= 0.6 is 0 Å². The van der Waals surface area contributed by atoms with Crippen molar-refractivity contribution in [1.82, 2.24) is 14.6 Å². The number of aromatic nitrogens is 3. The van der Waals surface area contributed by atoms with E-state index in [2.05, 4.69) is 10.1 Å². The van der Waals surface area contributed by atoms with Gasteiger partial charge in [0.25, 0.3) is 0 Å². The van der Waals surface area contributed by atoms with Crippen LogP contribution in [0.1, 0.15) is 21.0 Å². The summed E-state index contributed by atoms with van der Waals surface area (Å²) in [6, 6.07) is 2.93. The second kappa shape index (κ2) is 2.91. The highest BCUT2D eigenvalue weighted by Gasteiger charge is 2.11. The van der Waals surface area contributed by atoms with Crippen LogP contribution in [0.25, 0.3) is 5.65 Å². The van der Waals surface area contributed by atoms with Crippen LogP contribution in [0.15, 0.2) is 18.3 Å². The molecule has 2 aromatic rings. The molecule has 1 N–H and O–H groups in total. The first-order valence-corrected chi connectivity index (χ1v) is 3.76. The Kier molecular flexibility index (Phi) is 1.74. The predicted octanol–water partition coefficient (Wildman–Crippen LogP) is 0.240. The summed E-state index contributed by atoms with van der Waals surface area (Å²) in [5.41, 5.74) is 0.190. The molecule has 70 valence electrons. The lowest BCUT2D eigenvalue weighted by Gasteiger charge is -1.94. The topological polar surface area (TPSA) is 84.6 Å². The first kappa shape index (κ1) is 8.36. The number of pyridine rings is 1. The monoisotopic (exact) mass is 191 g/mol. The second-order valence-corrected chi connectivity index (χ2v) is 2.58. The average Bonchev–Trinajstić information content (AvgIpc) is 2.59. The van der Waals surface area contributed by atoms with E-state index >= 15 is 0 Å². The molecule has 0 amide bonds. The normalized spacial score (nSPS) is 10.3. The highest BCUT2D eigenvalue weighted by Crippen LogP contribution is 2.07. The number of rotatable bonds is 2. The summed E-state index contributed by atoms with van der Waals surface area (Å²) in [6.45, 7) is 0. The minimum absolute atomic E-state index is 0.0214. The standard InChI is InChI=1S/C8H5N3O3/c12-4-6-9-7-5(8(13)14)2-1-3-11(7)10-6/h1-4H,(H,13,14). The van der Waals surface area contributed by atoms with Gasteiger partial charge in [-0.2, -0.15) is 0 Å². The number of hydrogen-bond donors (Lipinski definition) is 1. The van der Waals surface area contributed by atoms with Crippen LogP contribution in [-0.4, -0.2) is 32.0 Å². The van der Waals surface area contributed by atoms with Gasteiger partial charge in [-0.15, -0.1) is 5.10 Å². The van der Waals surface area contributed by atoms with Gasteiger partial charge in [-0.1, -0.05) is 0 Å². The number of carboxylic acids is 1. The Morgan fingerprint density at radius 2 is 2.36 bits per heavy atom. The molecule has 6 heteroatoms. The van der Waals surface area contributed by atoms with E-state index in [4.69, 9.17) is 5.11 Å². The Bertz CT molecular complexity index is 518. The van der Waals surface area contributed by atoms with Crippen molar-refractivity contribution in [1.29, 1.82) is 0 Å². The summed E-state index contributed by atoms with van der Waals surface area (Å²) >= 11 is 0. The Balaban J connectivity index is 2.79. The zero-order chi connectivity index (χ0) is 10.1. The lowest BCUT2D eigenvalue weighted by molar-refractivity contribution is 0.0698. The fraction of sp³-hybridized carbons (Fsp3) is 0. The van der Waals surface area contributed by atoms with Gasteiger partial charge in [0.15, 0.2) is 11.9 Å². The smallest absolute Gasteiger partial charge is 0.339 e. The summed E-state index contributed by atoms with van der Waals surface area (Å²) in [5.74, 6) is -1.13. The van der Waals surface area contributed by atoms with Gasteiger partial charge in [0, 0.05) is 6.20 Å². The lowest BCUT2D eigenvalue weighted by Crippen LogP contribution is -2.00. The maximum Gasteiger partial charge on any atom is 0.339 e. The first-order chi connectivity index (χ1) is 6.72. The average molecular weight is 191 g/mol. The third-order valence-corrected chi connectivity index (χ3v) is 1.71. The second-order valence-electron chi connectivity index (χ2n) is 2.58. The predicted molar refractivity (Wildman–Crippen MR) is 45.3 cm³/mol. The molecule has 0 aliphatic carbocycles. The summed E-state index contributed by atoms with van der Waals surface area (Å²) < 4.78 is 1.26. The van der Waals surface area contributed by atoms with Crippen molar-refractivity contribution in [2.45, 2.75) is 0 Å². The molecule has 0 unspecified atom stereocenters. The van der Waals surface area contributed by atoms with Gasteiger partial charge in [-0.05, 0) is 12.1 Å². The Morgan fingerprint density at radius 1 is 1.57 bits per heavy atom. The molecular formula is C8H5N3O3. The van der Waals surface area contributed by atoms with Crippen LogP contribution < -0.4 is 0 Å². The van der Waals surface area contributed by atoms with Gasteiger partial charge in [-0.25, -0.2) is 14.3 Å². The molecule has 2 aromatic heterocycles. The Morgan fingerprint density at radius 3 is 3.00 bits per heavy atom. The molecule has 0 radical (unpaired) electrons. The molecule has 0 saturated heterocycles. The number of carboxylic acid groups (broad SMARTS) is 1. The number of carbonyl (C=O) groups is 2. The highest BCUT2D eigenvalue weighted by molar-refractivity contribution is 5.94. The fourth-order valence-electron chi connectivity index (χ4n) is 1.14. The zero-order valence-electron chi connectivity index (χ0n) is 6.91. The van der Waals surface area contributed by atoms with E-state index in [-0.39, 0.29) is 17.0 Å². The maximum atomic E-state index is 10.7. The molecule has 2 heterocycles. The summed E-state index contributed by atoms with van der Waals surface area (Å²) in [7, 11) is 0. The lowest BCUT2D eigenvalue weighted by atomic mass is 10.3. The van der Waals surface area contributed by atoms with E-state index in [1.54, 1.807) is 0 Å². The number of fused-ring (bicyclic) bond motifs is 1. The number of aromatic carboxylic acids is 1. The molecule has 0 fully saturated rings. The van der Waals surface area contributed by atoms with Gasteiger partial charge in [0.1, 0.15) is 5.56 Å². The molecule has 2 rings (SSSR count). The summed E-state index contributed by atoms with van der Waals surface area (Å²) in [6.07, 6.45) is 2.00. The molecule has 0 bridgehead atoms. The van der Waals surface area contributed by atoms with Gasteiger partial charge in [0.2, 0.25) is 5.82 Å². The Hall–Kier alpha value is -2.24. The molecular weight excluding hydrogens is 186 g/mol. The van der Waals surface area contributed by atoms with Crippen molar-refractivity contribution in [2.24, 2.45) is 0 Å². The summed E-state index contributed by atoms with van der Waals surface area (Å²) in [5, 5.41) is 12.5. The van der Waals surface area contributed by atoms with Crippen LogP contribution in [0.2, 0.25) is 0 Å². The van der Waals surface area contributed by atoms with Crippen LogP contribution in [0.3, 0.4) is 0 Å². The van der Waals surface area contributed by atoms with Crippen molar-refractivity contribution in [3.63, 3.8) is 0 Å². The Labute approximate surface area is 77.8 Å². The van der Waals surface area contributed by atoms with Gasteiger partial charge < -0.3 is 5.11 Å². The zero-order valence-corrected chi connectivity index (χ0v) is 6.91. The van der Waals surface area contributed by atoms with E-state index in [9.17, 15) is 9.59 Å². The molecule has 0 spiro atoms. The van der Waals surface area contributed by atoms with Crippen LogP contribution in [0.5, 0.6) is 0 Å².